The van der Waals surface area contributed by atoms with E-state index in [4.69, 9.17) is 5.73 Å². The molecule has 2 aromatic rings. The molecule has 0 aliphatic carbocycles. The van der Waals surface area contributed by atoms with Crippen LogP contribution in [0.25, 0.3) is 0 Å². The maximum Gasteiger partial charge on any atom is 0.330 e. The molecule has 0 amide bonds. The van der Waals surface area contributed by atoms with Crippen LogP contribution < -0.4 is 22.3 Å². The molecule has 0 spiro atoms. The fourth-order valence-electron chi connectivity index (χ4n) is 1.91. The number of nitrogens with two attached hydrogens (primary N) is 1. The van der Waals surface area contributed by atoms with Crippen LogP contribution in [0.2, 0.25) is 0 Å². The molecule has 0 atom stereocenters. The summed E-state index contributed by atoms with van der Waals surface area (Å²) in [6.07, 6.45) is 1.71. The maximum atomic E-state index is 11.8. The lowest BCUT2D eigenvalue weighted by atomic mass is 10.2. The molecule has 0 radical (unpaired) electrons. The Hall–Kier alpha value is -2.58. The SMILES string of the molecule is CC(C)Cn1c(N)c(NCCc2ncon2)c(=O)[nH]c1=O. The zero-order valence-electron chi connectivity index (χ0n) is 11.9. The number of anilines is 2. The monoisotopic (exact) mass is 294 g/mol. The molecule has 0 saturated carbocycles. The molecule has 2 aromatic heterocycles. The summed E-state index contributed by atoms with van der Waals surface area (Å²) in [5.74, 6) is 0.877. The fraction of sp³-hybridized carbons (Fsp3) is 0.500. The van der Waals surface area contributed by atoms with Gasteiger partial charge in [0.2, 0.25) is 6.39 Å². The van der Waals surface area contributed by atoms with Gasteiger partial charge in [-0.25, -0.2) is 4.79 Å². The number of aromatic nitrogens is 4. The second kappa shape index (κ2) is 6.25. The number of rotatable bonds is 6. The second-order valence-corrected chi connectivity index (χ2v) is 5.05. The number of nitrogen functional groups attached to an aromatic ring is 1. The average molecular weight is 294 g/mol. The van der Waals surface area contributed by atoms with Gasteiger partial charge in [-0.15, -0.1) is 0 Å². The minimum atomic E-state index is -0.536. The van der Waals surface area contributed by atoms with Crippen molar-refractivity contribution in [3.05, 3.63) is 33.1 Å². The highest BCUT2D eigenvalue weighted by Gasteiger charge is 2.13. The van der Waals surface area contributed by atoms with E-state index < -0.39 is 11.2 Å². The summed E-state index contributed by atoms with van der Waals surface area (Å²) >= 11 is 0. The summed E-state index contributed by atoms with van der Waals surface area (Å²) < 4.78 is 5.97. The van der Waals surface area contributed by atoms with Gasteiger partial charge in [-0.1, -0.05) is 19.0 Å². The predicted octanol–water partition coefficient (Wildman–Crippen LogP) is -0.188. The number of aromatic amines is 1. The molecule has 0 aromatic carbocycles. The van der Waals surface area contributed by atoms with Crippen LogP contribution in [0.1, 0.15) is 19.7 Å². The molecule has 0 bridgehead atoms. The minimum absolute atomic E-state index is 0.130. The Bertz CT molecular complexity index is 701. The van der Waals surface area contributed by atoms with E-state index in [0.29, 0.717) is 25.3 Å². The highest BCUT2D eigenvalue weighted by molar-refractivity contribution is 5.60. The number of hydrogen-bond donors (Lipinski definition) is 3. The van der Waals surface area contributed by atoms with Crippen LogP contribution in [-0.4, -0.2) is 26.2 Å². The predicted molar refractivity (Wildman–Crippen MR) is 77.1 cm³/mol. The van der Waals surface area contributed by atoms with Crippen LogP contribution in [0.5, 0.6) is 0 Å². The van der Waals surface area contributed by atoms with Crippen molar-refractivity contribution in [2.45, 2.75) is 26.8 Å². The number of H-pyrrole nitrogens is 1. The summed E-state index contributed by atoms with van der Waals surface area (Å²) in [6.45, 7) is 4.74. The zero-order valence-corrected chi connectivity index (χ0v) is 11.9. The molecular weight excluding hydrogens is 276 g/mol. The molecule has 4 N–H and O–H groups in total. The molecule has 2 heterocycles. The summed E-state index contributed by atoms with van der Waals surface area (Å²) in [5, 5.41) is 6.58. The lowest BCUT2D eigenvalue weighted by Gasteiger charge is -2.15. The van der Waals surface area contributed by atoms with E-state index in [0.717, 1.165) is 0 Å². The molecule has 9 nitrogen and oxygen atoms in total. The van der Waals surface area contributed by atoms with Crippen LogP contribution in [0.4, 0.5) is 11.5 Å². The summed E-state index contributed by atoms with van der Waals surface area (Å²) in [6, 6.07) is 0. The smallest absolute Gasteiger partial charge is 0.330 e. The van der Waals surface area contributed by atoms with Crippen molar-refractivity contribution in [2.24, 2.45) is 5.92 Å². The molecule has 0 aliphatic heterocycles. The van der Waals surface area contributed by atoms with Crippen molar-refractivity contribution in [1.82, 2.24) is 19.7 Å². The third-order valence-corrected chi connectivity index (χ3v) is 2.84. The Morgan fingerprint density at radius 1 is 1.48 bits per heavy atom. The van der Waals surface area contributed by atoms with Gasteiger partial charge in [-0.2, -0.15) is 4.98 Å². The van der Waals surface area contributed by atoms with Crippen molar-refractivity contribution in [1.29, 1.82) is 0 Å². The lowest BCUT2D eigenvalue weighted by Crippen LogP contribution is -2.35. The topological polar surface area (TPSA) is 132 Å². The third kappa shape index (κ3) is 3.50. The maximum absolute atomic E-state index is 11.8. The average Bonchev–Trinajstić information content (AvgIpc) is 2.91. The van der Waals surface area contributed by atoms with Crippen LogP contribution in [-0.2, 0) is 13.0 Å². The Morgan fingerprint density at radius 3 is 2.86 bits per heavy atom. The third-order valence-electron chi connectivity index (χ3n) is 2.84. The van der Waals surface area contributed by atoms with Gasteiger partial charge in [-0.3, -0.25) is 14.3 Å². The van der Waals surface area contributed by atoms with E-state index in [-0.39, 0.29) is 17.4 Å². The summed E-state index contributed by atoms with van der Waals surface area (Å²) in [5.41, 5.74) is 5.06. The van der Waals surface area contributed by atoms with Gasteiger partial charge in [0.05, 0.1) is 0 Å². The van der Waals surface area contributed by atoms with Gasteiger partial charge < -0.3 is 15.6 Å². The van der Waals surface area contributed by atoms with E-state index in [1.807, 2.05) is 13.8 Å². The Balaban J connectivity index is 2.18. The first-order chi connectivity index (χ1) is 9.99. The van der Waals surface area contributed by atoms with E-state index in [9.17, 15) is 9.59 Å². The van der Waals surface area contributed by atoms with Crippen LogP contribution >= 0.6 is 0 Å². The Labute approximate surface area is 120 Å². The lowest BCUT2D eigenvalue weighted by molar-refractivity contribution is 0.410. The first-order valence-electron chi connectivity index (χ1n) is 6.60. The molecular formula is C12H18N6O3. The van der Waals surface area contributed by atoms with Gasteiger partial charge in [0.25, 0.3) is 5.56 Å². The first-order valence-corrected chi connectivity index (χ1v) is 6.60. The van der Waals surface area contributed by atoms with Gasteiger partial charge in [0, 0.05) is 19.5 Å². The highest BCUT2D eigenvalue weighted by atomic mass is 16.5. The second-order valence-electron chi connectivity index (χ2n) is 5.05. The van der Waals surface area contributed by atoms with Gasteiger partial charge >= 0.3 is 5.69 Å². The van der Waals surface area contributed by atoms with Gasteiger partial charge in [0.15, 0.2) is 5.82 Å². The van der Waals surface area contributed by atoms with E-state index >= 15 is 0 Å². The summed E-state index contributed by atoms with van der Waals surface area (Å²) in [4.78, 5) is 29.7. The molecule has 2 rings (SSSR count). The molecule has 9 heteroatoms. The van der Waals surface area contributed by atoms with E-state index in [2.05, 4.69) is 25.0 Å². The first kappa shape index (κ1) is 14.8. The Morgan fingerprint density at radius 2 is 2.24 bits per heavy atom. The van der Waals surface area contributed by atoms with Crippen molar-refractivity contribution in [2.75, 3.05) is 17.6 Å². The minimum Gasteiger partial charge on any atom is -0.383 e. The van der Waals surface area contributed by atoms with Crippen molar-refractivity contribution >= 4 is 11.5 Å². The molecule has 0 saturated heterocycles. The van der Waals surface area contributed by atoms with Crippen LogP contribution in [0.15, 0.2) is 20.5 Å². The standard InChI is InChI=1S/C12H18N6O3/c1-7(2)5-18-10(13)9(11(19)16-12(18)20)14-4-3-8-15-6-21-17-8/h6-7,14H,3-5,13H2,1-2H3,(H,16,19,20). The van der Waals surface area contributed by atoms with Crippen LogP contribution in [0.3, 0.4) is 0 Å². The fourth-order valence-corrected chi connectivity index (χ4v) is 1.91. The number of hydrogen-bond acceptors (Lipinski definition) is 7. The number of nitrogens with zero attached hydrogens (tertiary/aromatic N) is 3. The molecule has 21 heavy (non-hydrogen) atoms. The zero-order chi connectivity index (χ0) is 15.4. The molecule has 0 aliphatic rings. The van der Waals surface area contributed by atoms with Crippen molar-refractivity contribution < 1.29 is 4.52 Å². The Kier molecular flexibility index (Phi) is 4.41. The highest BCUT2D eigenvalue weighted by Crippen LogP contribution is 2.11. The summed E-state index contributed by atoms with van der Waals surface area (Å²) in [7, 11) is 0. The molecule has 0 unspecified atom stereocenters. The normalized spacial score (nSPS) is 11.0. The van der Waals surface area contributed by atoms with Crippen LogP contribution in [0, 0.1) is 5.92 Å². The molecule has 114 valence electrons. The van der Waals surface area contributed by atoms with E-state index in [1.54, 1.807) is 0 Å². The quantitative estimate of drug-likeness (QED) is 0.672. The molecule has 0 fully saturated rings. The largest absolute Gasteiger partial charge is 0.383 e. The van der Waals surface area contributed by atoms with Crippen molar-refractivity contribution in [3.8, 4) is 0 Å². The van der Waals surface area contributed by atoms with Gasteiger partial charge in [0.1, 0.15) is 11.5 Å². The van der Waals surface area contributed by atoms with E-state index in [1.165, 1.54) is 11.0 Å². The van der Waals surface area contributed by atoms with Crippen molar-refractivity contribution in [3.63, 3.8) is 0 Å². The number of nitrogens with one attached hydrogen (secondary N) is 2. The van der Waals surface area contributed by atoms with Gasteiger partial charge in [-0.05, 0) is 5.92 Å².